The third kappa shape index (κ3) is 8.89. The maximum Gasteiger partial charge on any atom is 0.522 e. The molecule has 11 heteroatoms. The van der Waals surface area contributed by atoms with E-state index in [4.69, 9.17) is 28.2 Å². The van der Waals surface area contributed by atoms with Crippen LogP contribution in [0.1, 0.15) is 34.6 Å². The number of rotatable bonds is 6. The van der Waals surface area contributed by atoms with E-state index < -0.39 is 33.2 Å². The van der Waals surface area contributed by atoms with Crippen LogP contribution in [0.3, 0.4) is 0 Å². The van der Waals surface area contributed by atoms with Gasteiger partial charge in [0.1, 0.15) is 23.5 Å². The Morgan fingerprint density at radius 3 is 1.86 bits per heavy atom. The molecule has 0 saturated carbocycles. The molecule has 0 aliphatic rings. The molecule has 1 rings (SSSR count). The molecular weight excluding hydrogens is 403 g/mol. The lowest BCUT2D eigenvalue weighted by molar-refractivity contribution is -0.169. The van der Waals surface area contributed by atoms with E-state index in [1.54, 1.807) is 6.92 Å². The van der Waals surface area contributed by atoms with E-state index in [1.807, 2.05) is 58.0 Å². The Morgan fingerprint density at radius 2 is 1.54 bits per heavy atom. The van der Waals surface area contributed by atoms with E-state index in [2.05, 4.69) is 0 Å². The van der Waals surface area contributed by atoms with Gasteiger partial charge >= 0.3 is 21.6 Å². The van der Waals surface area contributed by atoms with Gasteiger partial charge in [-0.05, 0) is 38.8 Å². The maximum atomic E-state index is 11.7. The lowest BCUT2D eigenvalue weighted by Gasteiger charge is -2.37. The quantitative estimate of drug-likeness (QED) is 0.405. The molecule has 0 aliphatic heterocycles. The smallest absolute Gasteiger partial charge is 0.486 e. The molecule has 162 valence electrons. The van der Waals surface area contributed by atoms with Gasteiger partial charge in [0, 0.05) is 0 Å². The molecule has 0 saturated heterocycles. The average Bonchev–Trinajstić information content (AvgIpc) is 2.51. The van der Waals surface area contributed by atoms with Gasteiger partial charge in [0.25, 0.3) is 0 Å². The number of nitrogens with two attached hydrogens (primary N) is 1. The molecule has 0 bridgehead atoms. The zero-order valence-electron chi connectivity index (χ0n) is 16.2. The Hall–Kier alpha value is -1.85. The van der Waals surface area contributed by atoms with Crippen LogP contribution in [0.2, 0.25) is 0 Å². The second kappa shape index (κ2) is 10.1. The molecule has 3 N–H and O–H groups in total. The van der Waals surface area contributed by atoms with Gasteiger partial charge in [0.15, 0.2) is 0 Å². The van der Waals surface area contributed by atoms with Gasteiger partial charge in [-0.25, -0.2) is 0 Å². The molecule has 0 amide bonds. The predicted octanol–water partition coefficient (Wildman–Crippen LogP) is 3.15. The maximum absolute atomic E-state index is 11.7. The van der Waals surface area contributed by atoms with Gasteiger partial charge in [-0.1, -0.05) is 32.0 Å². The molecule has 2 atom stereocenters. The predicted molar refractivity (Wildman–Crippen MR) is 97.1 cm³/mol. The Morgan fingerprint density at radius 1 is 1.11 bits per heavy atom. The van der Waals surface area contributed by atoms with E-state index in [1.165, 1.54) is 0 Å². The summed E-state index contributed by atoms with van der Waals surface area (Å²) in [5.74, 6) is 0.527. The van der Waals surface area contributed by atoms with Gasteiger partial charge < -0.3 is 15.2 Å². The SMILES string of the molecule is CC(N)C(=O)OC(C)(C)C(Oc1ccccc1)C(C)C.O=S(=O)(O)C(F)(F)F. The molecule has 0 heterocycles. The normalized spacial score (nSPS) is 14.5. The van der Waals surface area contributed by atoms with Crippen molar-refractivity contribution in [3.8, 4) is 5.75 Å². The number of carbonyl (C=O) groups is 1. The lowest BCUT2D eigenvalue weighted by Crippen LogP contribution is -2.49. The summed E-state index contributed by atoms with van der Waals surface area (Å²) in [6, 6.07) is 8.89. The van der Waals surface area contributed by atoms with Gasteiger partial charge in [0.2, 0.25) is 0 Å². The highest BCUT2D eigenvalue weighted by atomic mass is 32.2. The lowest BCUT2D eigenvalue weighted by atomic mass is 9.91. The third-order valence-corrected chi connectivity index (χ3v) is 3.91. The molecule has 7 nitrogen and oxygen atoms in total. The highest BCUT2D eigenvalue weighted by Gasteiger charge is 2.44. The van der Waals surface area contributed by atoms with Crippen LogP contribution < -0.4 is 10.5 Å². The first-order valence-corrected chi connectivity index (χ1v) is 9.67. The van der Waals surface area contributed by atoms with Crippen LogP contribution in [0.15, 0.2) is 30.3 Å². The number of benzene rings is 1. The second-order valence-electron chi connectivity index (χ2n) is 6.83. The summed E-state index contributed by atoms with van der Waals surface area (Å²) in [5.41, 5.74) is -0.733. The number of hydrogen-bond acceptors (Lipinski definition) is 6. The number of alkyl halides is 3. The van der Waals surface area contributed by atoms with Gasteiger partial charge in [0.05, 0.1) is 0 Å². The summed E-state index contributed by atoms with van der Waals surface area (Å²) >= 11 is 0. The van der Waals surface area contributed by atoms with E-state index in [0.29, 0.717) is 0 Å². The fraction of sp³-hybridized carbons (Fsp3) is 0.588. The summed E-state index contributed by atoms with van der Waals surface area (Å²) in [6.07, 6.45) is -0.257. The number of para-hydroxylation sites is 1. The number of carbonyl (C=O) groups excluding carboxylic acids is 1. The molecule has 0 radical (unpaired) electrons. The summed E-state index contributed by atoms with van der Waals surface area (Å²) < 4.78 is 69.1. The number of esters is 1. The molecule has 28 heavy (non-hydrogen) atoms. The topological polar surface area (TPSA) is 116 Å². The van der Waals surface area contributed by atoms with Crippen LogP contribution in [0, 0.1) is 5.92 Å². The monoisotopic (exact) mass is 429 g/mol. The zero-order chi connectivity index (χ0) is 22.3. The standard InChI is InChI=1S/C16H25NO3.CHF3O3S/c1-11(2)14(19-13-9-7-6-8-10-13)16(4,5)20-15(18)12(3)17;2-1(3,4)8(5,6)7/h6-12,14H,17H2,1-5H3;(H,5,6,7). The van der Waals surface area contributed by atoms with Gasteiger partial charge in [-0.2, -0.15) is 21.6 Å². The van der Waals surface area contributed by atoms with E-state index in [-0.39, 0.29) is 12.0 Å². The molecule has 0 spiro atoms. The molecule has 1 aromatic rings. The number of halogens is 3. The minimum absolute atomic E-state index is 0.186. The first kappa shape index (κ1) is 26.1. The Bertz CT molecular complexity index is 718. The van der Waals surface area contributed by atoms with Crippen molar-refractivity contribution < 1.29 is 40.4 Å². The molecule has 0 aliphatic carbocycles. The Balaban J connectivity index is 0.000000769. The summed E-state index contributed by atoms with van der Waals surface area (Å²) in [6.45, 7) is 9.38. The van der Waals surface area contributed by atoms with Crippen LogP contribution in [-0.2, 0) is 19.6 Å². The largest absolute Gasteiger partial charge is 0.522 e. The van der Waals surface area contributed by atoms with Gasteiger partial charge in [-0.3, -0.25) is 9.35 Å². The Kier molecular flexibility index (Phi) is 9.41. The second-order valence-corrected chi connectivity index (χ2v) is 8.24. The molecule has 2 unspecified atom stereocenters. The number of ether oxygens (including phenoxy) is 2. The van der Waals surface area contributed by atoms with E-state index >= 15 is 0 Å². The summed E-state index contributed by atoms with van der Waals surface area (Å²) in [5, 5.41) is 0. The molecular formula is C17H26F3NO6S. The first-order chi connectivity index (χ1) is 12.5. The molecule has 0 fully saturated rings. The highest BCUT2D eigenvalue weighted by Crippen LogP contribution is 2.27. The zero-order valence-corrected chi connectivity index (χ0v) is 17.0. The van der Waals surface area contributed by atoms with Crippen LogP contribution >= 0.6 is 0 Å². The van der Waals surface area contributed by atoms with Crippen LogP contribution in [0.4, 0.5) is 13.2 Å². The van der Waals surface area contributed by atoms with E-state index in [0.717, 1.165) is 5.75 Å². The van der Waals surface area contributed by atoms with Crippen LogP contribution in [0.25, 0.3) is 0 Å². The summed E-state index contributed by atoms with van der Waals surface area (Å²) in [7, 11) is -5.84. The van der Waals surface area contributed by atoms with Crippen molar-refractivity contribution in [1.29, 1.82) is 0 Å². The number of hydrogen-bond donors (Lipinski definition) is 2. The van der Waals surface area contributed by atoms with Crippen molar-refractivity contribution >= 4 is 16.1 Å². The third-order valence-electron chi connectivity index (χ3n) is 3.32. The first-order valence-electron chi connectivity index (χ1n) is 8.23. The minimum Gasteiger partial charge on any atom is -0.486 e. The minimum atomic E-state index is -5.84. The summed E-state index contributed by atoms with van der Waals surface area (Å²) in [4.78, 5) is 11.7. The molecule has 1 aromatic carbocycles. The fourth-order valence-corrected chi connectivity index (χ4v) is 2.14. The average molecular weight is 429 g/mol. The van der Waals surface area contributed by atoms with E-state index in [9.17, 15) is 18.0 Å². The van der Waals surface area contributed by atoms with Crippen molar-refractivity contribution in [2.45, 2.75) is 57.9 Å². The van der Waals surface area contributed by atoms with Crippen LogP contribution in [-0.4, -0.2) is 42.2 Å². The van der Waals surface area contributed by atoms with Crippen molar-refractivity contribution in [1.82, 2.24) is 0 Å². The van der Waals surface area contributed by atoms with Gasteiger partial charge in [-0.15, -0.1) is 0 Å². The van der Waals surface area contributed by atoms with Crippen molar-refractivity contribution in [2.75, 3.05) is 0 Å². The fourth-order valence-electron chi connectivity index (χ4n) is 2.14. The van der Waals surface area contributed by atoms with Crippen LogP contribution in [0.5, 0.6) is 5.75 Å². The molecule has 0 aromatic heterocycles. The van der Waals surface area contributed by atoms with Crippen molar-refractivity contribution in [2.24, 2.45) is 11.7 Å². The van der Waals surface area contributed by atoms with Crippen molar-refractivity contribution in [3.05, 3.63) is 30.3 Å². The Labute approximate surface area is 162 Å². The van der Waals surface area contributed by atoms with Crippen molar-refractivity contribution in [3.63, 3.8) is 0 Å². The highest BCUT2D eigenvalue weighted by molar-refractivity contribution is 7.86.